The lowest BCUT2D eigenvalue weighted by Crippen LogP contribution is -2.23. The summed E-state index contributed by atoms with van der Waals surface area (Å²) in [7, 11) is 0. The van der Waals surface area contributed by atoms with E-state index in [0.29, 0.717) is 0 Å². The fourth-order valence-corrected chi connectivity index (χ4v) is 2.76. The standard InChI is InChI=1S/C16H16Br2ClN/c1-2-9-20-16(11-3-6-13(17)7-4-11)12-5-8-14(18)15(19)10-12/h3-8,10,16,20H,2,9H2,1H3. The van der Waals surface area contributed by atoms with Crippen LogP contribution in [0.1, 0.15) is 30.5 Å². The van der Waals surface area contributed by atoms with Gasteiger partial charge in [0, 0.05) is 8.95 Å². The fourth-order valence-electron chi connectivity index (χ4n) is 2.06. The van der Waals surface area contributed by atoms with Crippen LogP contribution in [0.4, 0.5) is 0 Å². The first-order chi connectivity index (χ1) is 9.61. The Morgan fingerprint density at radius 3 is 2.30 bits per heavy atom. The Bertz CT molecular complexity index is 569. The second-order valence-electron chi connectivity index (χ2n) is 4.61. The van der Waals surface area contributed by atoms with Crippen molar-refractivity contribution in [3.05, 3.63) is 67.6 Å². The van der Waals surface area contributed by atoms with Gasteiger partial charge in [0.2, 0.25) is 0 Å². The molecule has 1 nitrogen and oxygen atoms in total. The molecule has 0 saturated carbocycles. The fraction of sp³-hybridized carbons (Fsp3) is 0.250. The van der Waals surface area contributed by atoms with E-state index in [4.69, 9.17) is 11.6 Å². The summed E-state index contributed by atoms with van der Waals surface area (Å²) in [6, 6.07) is 14.7. The first-order valence-corrected chi connectivity index (χ1v) is 8.52. The molecule has 0 aliphatic heterocycles. The van der Waals surface area contributed by atoms with Gasteiger partial charge >= 0.3 is 0 Å². The highest BCUT2D eigenvalue weighted by Crippen LogP contribution is 2.29. The molecule has 0 fully saturated rings. The number of benzene rings is 2. The molecule has 0 aromatic heterocycles. The van der Waals surface area contributed by atoms with E-state index in [1.807, 2.05) is 12.1 Å². The molecule has 0 radical (unpaired) electrons. The molecule has 20 heavy (non-hydrogen) atoms. The first-order valence-electron chi connectivity index (χ1n) is 6.55. The molecule has 0 heterocycles. The average Bonchev–Trinajstić information content (AvgIpc) is 2.45. The van der Waals surface area contributed by atoms with Gasteiger partial charge in [-0.25, -0.2) is 0 Å². The third kappa shape index (κ3) is 4.08. The van der Waals surface area contributed by atoms with Gasteiger partial charge in [0.15, 0.2) is 0 Å². The van der Waals surface area contributed by atoms with Crippen LogP contribution in [0.25, 0.3) is 0 Å². The van der Waals surface area contributed by atoms with E-state index in [-0.39, 0.29) is 6.04 Å². The zero-order valence-electron chi connectivity index (χ0n) is 11.2. The molecule has 2 rings (SSSR count). The SMILES string of the molecule is CCCNC(c1ccc(Br)cc1)c1ccc(Br)c(Cl)c1. The average molecular weight is 418 g/mol. The minimum absolute atomic E-state index is 0.161. The van der Waals surface area contributed by atoms with Gasteiger partial charge in [0.25, 0.3) is 0 Å². The molecule has 1 unspecified atom stereocenters. The number of hydrogen-bond donors (Lipinski definition) is 1. The van der Waals surface area contributed by atoms with Crippen LogP contribution in [0, 0.1) is 0 Å². The third-order valence-electron chi connectivity index (χ3n) is 3.08. The Hall–Kier alpha value is -0.350. The number of hydrogen-bond acceptors (Lipinski definition) is 1. The molecule has 1 atom stereocenters. The Morgan fingerprint density at radius 1 is 1.05 bits per heavy atom. The van der Waals surface area contributed by atoms with Gasteiger partial charge in [0.05, 0.1) is 11.1 Å². The van der Waals surface area contributed by atoms with Crippen LogP contribution in [-0.2, 0) is 0 Å². The van der Waals surface area contributed by atoms with Crippen molar-refractivity contribution in [1.29, 1.82) is 0 Å². The van der Waals surface area contributed by atoms with Crippen LogP contribution in [-0.4, -0.2) is 6.54 Å². The Kier molecular flexibility index (Phi) is 6.09. The summed E-state index contributed by atoms with van der Waals surface area (Å²) >= 11 is 13.1. The lowest BCUT2D eigenvalue weighted by molar-refractivity contribution is 0.598. The van der Waals surface area contributed by atoms with Gasteiger partial charge in [-0.15, -0.1) is 0 Å². The van der Waals surface area contributed by atoms with Crippen LogP contribution < -0.4 is 5.32 Å². The van der Waals surface area contributed by atoms with E-state index in [9.17, 15) is 0 Å². The summed E-state index contributed by atoms with van der Waals surface area (Å²) in [5.74, 6) is 0. The highest BCUT2D eigenvalue weighted by atomic mass is 79.9. The molecule has 0 bridgehead atoms. The Balaban J connectivity index is 2.35. The smallest absolute Gasteiger partial charge is 0.0577 e. The van der Waals surface area contributed by atoms with Crippen molar-refractivity contribution in [3.63, 3.8) is 0 Å². The van der Waals surface area contributed by atoms with Crippen molar-refractivity contribution in [2.45, 2.75) is 19.4 Å². The zero-order valence-corrected chi connectivity index (χ0v) is 15.1. The van der Waals surface area contributed by atoms with Crippen LogP contribution >= 0.6 is 43.5 Å². The van der Waals surface area contributed by atoms with Gasteiger partial charge in [0.1, 0.15) is 0 Å². The van der Waals surface area contributed by atoms with E-state index < -0.39 is 0 Å². The maximum absolute atomic E-state index is 6.22. The quantitative estimate of drug-likeness (QED) is 0.633. The molecule has 0 amide bonds. The zero-order chi connectivity index (χ0) is 14.5. The largest absolute Gasteiger partial charge is 0.306 e. The predicted molar refractivity (Wildman–Crippen MR) is 93.4 cm³/mol. The summed E-state index contributed by atoms with van der Waals surface area (Å²) in [6.45, 7) is 3.13. The van der Waals surface area contributed by atoms with E-state index >= 15 is 0 Å². The van der Waals surface area contributed by atoms with Crippen LogP contribution in [0.15, 0.2) is 51.4 Å². The molecule has 0 spiro atoms. The molecule has 1 N–H and O–H groups in total. The van der Waals surface area contributed by atoms with Gasteiger partial charge in [-0.2, -0.15) is 0 Å². The third-order valence-corrected chi connectivity index (χ3v) is 4.84. The van der Waals surface area contributed by atoms with Crippen molar-refractivity contribution in [1.82, 2.24) is 5.32 Å². The highest BCUT2D eigenvalue weighted by Gasteiger charge is 2.14. The van der Waals surface area contributed by atoms with Crippen molar-refractivity contribution in [2.24, 2.45) is 0 Å². The highest BCUT2D eigenvalue weighted by molar-refractivity contribution is 9.10. The van der Waals surface area contributed by atoms with Crippen molar-refractivity contribution < 1.29 is 0 Å². The molecular weight excluding hydrogens is 401 g/mol. The number of nitrogens with one attached hydrogen (secondary N) is 1. The molecule has 0 aliphatic rings. The lowest BCUT2D eigenvalue weighted by Gasteiger charge is -2.20. The van der Waals surface area contributed by atoms with Crippen molar-refractivity contribution in [2.75, 3.05) is 6.54 Å². The van der Waals surface area contributed by atoms with Crippen molar-refractivity contribution in [3.8, 4) is 0 Å². The van der Waals surface area contributed by atoms with E-state index in [2.05, 4.69) is 74.4 Å². The minimum atomic E-state index is 0.161. The second kappa shape index (κ2) is 7.60. The predicted octanol–water partition coefficient (Wildman–Crippen LogP) is 5.95. The Morgan fingerprint density at radius 2 is 1.70 bits per heavy atom. The molecule has 0 aliphatic carbocycles. The minimum Gasteiger partial charge on any atom is -0.306 e. The second-order valence-corrected chi connectivity index (χ2v) is 6.79. The normalized spacial score (nSPS) is 12.4. The van der Waals surface area contributed by atoms with Gasteiger partial charge in [-0.3, -0.25) is 0 Å². The van der Waals surface area contributed by atoms with Gasteiger partial charge in [-0.1, -0.05) is 52.7 Å². The van der Waals surface area contributed by atoms with Gasteiger partial charge in [-0.05, 0) is 64.3 Å². The van der Waals surface area contributed by atoms with Crippen LogP contribution in [0.2, 0.25) is 5.02 Å². The van der Waals surface area contributed by atoms with E-state index in [1.54, 1.807) is 0 Å². The van der Waals surface area contributed by atoms with Crippen LogP contribution in [0.3, 0.4) is 0 Å². The lowest BCUT2D eigenvalue weighted by atomic mass is 9.98. The summed E-state index contributed by atoms with van der Waals surface area (Å²) in [6.07, 6.45) is 1.09. The molecule has 2 aromatic carbocycles. The Labute approximate surface area is 142 Å². The molecule has 4 heteroatoms. The summed E-state index contributed by atoms with van der Waals surface area (Å²) in [4.78, 5) is 0. The number of halogens is 3. The molecular formula is C16H16Br2ClN. The van der Waals surface area contributed by atoms with E-state index in [0.717, 1.165) is 26.9 Å². The van der Waals surface area contributed by atoms with Gasteiger partial charge < -0.3 is 5.32 Å². The maximum atomic E-state index is 6.22. The monoisotopic (exact) mass is 415 g/mol. The van der Waals surface area contributed by atoms with Crippen LogP contribution in [0.5, 0.6) is 0 Å². The molecule has 106 valence electrons. The molecule has 2 aromatic rings. The summed E-state index contributed by atoms with van der Waals surface area (Å²) in [5.41, 5.74) is 2.41. The number of rotatable bonds is 5. The summed E-state index contributed by atoms with van der Waals surface area (Å²) < 4.78 is 2.01. The summed E-state index contributed by atoms with van der Waals surface area (Å²) in [5, 5.41) is 4.32. The first kappa shape index (κ1) is 16.0. The topological polar surface area (TPSA) is 12.0 Å². The van der Waals surface area contributed by atoms with Crippen molar-refractivity contribution >= 4 is 43.5 Å². The maximum Gasteiger partial charge on any atom is 0.0577 e. The van der Waals surface area contributed by atoms with E-state index in [1.165, 1.54) is 11.1 Å². The molecule has 0 saturated heterocycles.